The van der Waals surface area contributed by atoms with E-state index in [4.69, 9.17) is 0 Å². The van der Waals surface area contributed by atoms with Crippen molar-refractivity contribution in [1.29, 1.82) is 0 Å². The molecular weight excluding hydrogens is 210 g/mol. The largest absolute Gasteiger partial charge is 0.505 e. The van der Waals surface area contributed by atoms with Crippen LogP contribution in [0.5, 0.6) is 5.75 Å². The summed E-state index contributed by atoms with van der Waals surface area (Å²) in [5.74, 6) is -1.55. The van der Waals surface area contributed by atoms with E-state index >= 15 is 0 Å². The summed E-state index contributed by atoms with van der Waals surface area (Å²) in [5, 5.41) is 9.22. The number of aryl methyl sites for hydroxylation is 1. The van der Waals surface area contributed by atoms with Crippen molar-refractivity contribution in [1.82, 2.24) is 0 Å². The smallest absolute Gasteiger partial charge is 0.172 e. The molecule has 0 saturated heterocycles. The van der Waals surface area contributed by atoms with Gasteiger partial charge in [0.1, 0.15) is 5.82 Å². The van der Waals surface area contributed by atoms with Gasteiger partial charge in [-0.2, -0.15) is 0 Å². The molecule has 0 unspecified atom stereocenters. The molecular formula is C13H10F2O. The van der Waals surface area contributed by atoms with Crippen molar-refractivity contribution in [3.63, 3.8) is 0 Å². The van der Waals surface area contributed by atoms with Crippen LogP contribution in [-0.2, 0) is 0 Å². The zero-order chi connectivity index (χ0) is 11.7. The quantitative estimate of drug-likeness (QED) is 0.777. The number of phenols is 1. The van der Waals surface area contributed by atoms with Gasteiger partial charge in [0.15, 0.2) is 11.6 Å². The van der Waals surface area contributed by atoms with E-state index in [9.17, 15) is 13.9 Å². The number of hydrogen-bond donors (Lipinski definition) is 1. The third-order valence-electron chi connectivity index (χ3n) is 2.46. The molecule has 16 heavy (non-hydrogen) atoms. The zero-order valence-corrected chi connectivity index (χ0v) is 8.67. The fraction of sp³-hybridized carbons (Fsp3) is 0.0769. The lowest BCUT2D eigenvalue weighted by Gasteiger charge is -2.06. The first kappa shape index (κ1) is 10.6. The first-order valence-corrected chi connectivity index (χ1v) is 4.83. The SMILES string of the molecule is Cc1ccc(-c2cccc(O)c2F)cc1F. The summed E-state index contributed by atoms with van der Waals surface area (Å²) in [6.07, 6.45) is 0. The predicted octanol–water partition coefficient (Wildman–Crippen LogP) is 3.65. The van der Waals surface area contributed by atoms with Crippen LogP contribution in [0, 0.1) is 18.6 Å². The highest BCUT2D eigenvalue weighted by molar-refractivity contribution is 5.66. The van der Waals surface area contributed by atoms with Crippen LogP contribution in [0.2, 0.25) is 0 Å². The lowest BCUT2D eigenvalue weighted by molar-refractivity contribution is 0.433. The molecule has 0 aliphatic heterocycles. The van der Waals surface area contributed by atoms with E-state index in [-0.39, 0.29) is 11.4 Å². The number of rotatable bonds is 1. The topological polar surface area (TPSA) is 20.2 Å². The average Bonchev–Trinajstić information content (AvgIpc) is 2.26. The van der Waals surface area contributed by atoms with Crippen LogP contribution in [0.25, 0.3) is 11.1 Å². The van der Waals surface area contributed by atoms with Gasteiger partial charge in [-0.15, -0.1) is 0 Å². The standard InChI is InChI=1S/C13H10F2O/c1-8-5-6-9(7-11(8)14)10-3-2-4-12(16)13(10)15/h2-7,16H,1H3. The van der Waals surface area contributed by atoms with Crippen LogP contribution in [0.4, 0.5) is 8.78 Å². The molecule has 3 heteroatoms. The zero-order valence-electron chi connectivity index (χ0n) is 8.67. The first-order valence-electron chi connectivity index (χ1n) is 4.83. The third kappa shape index (κ3) is 1.76. The summed E-state index contributed by atoms with van der Waals surface area (Å²) in [7, 11) is 0. The van der Waals surface area contributed by atoms with Gasteiger partial charge < -0.3 is 5.11 Å². The summed E-state index contributed by atoms with van der Waals surface area (Å²) in [6, 6.07) is 8.73. The van der Waals surface area contributed by atoms with E-state index in [0.717, 1.165) is 0 Å². The maximum Gasteiger partial charge on any atom is 0.172 e. The first-order chi connectivity index (χ1) is 7.59. The average molecular weight is 220 g/mol. The van der Waals surface area contributed by atoms with E-state index in [0.29, 0.717) is 11.1 Å². The molecule has 1 N–H and O–H groups in total. The van der Waals surface area contributed by atoms with Gasteiger partial charge >= 0.3 is 0 Å². The van der Waals surface area contributed by atoms with Gasteiger partial charge in [-0.05, 0) is 30.2 Å². The molecule has 1 nitrogen and oxygen atoms in total. The Labute approximate surface area is 92.0 Å². The Morgan fingerprint density at radius 1 is 1.06 bits per heavy atom. The highest BCUT2D eigenvalue weighted by Crippen LogP contribution is 2.29. The maximum atomic E-state index is 13.5. The summed E-state index contributed by atoms with van der Waals surface area (Å²) in [4.78, 5) is 0. The van der Waals surface area contributed by atoms with E-state index in [2.05, 4.69) is 0 Å². The van der Waals surface area contributed by atoms with E-state index in [1.807, 2.05) is 0 Å². The van der Waals surface area contributed by atoms with E-state index in [1.165, 1.54) is 24.3 Å². The van der Waals surface area contributed by atoms with Crippen LogP contribution in [0.1, 0.15) is 5.56 Å². The monoisotopic (exact) mass is 220 g/mol. The molecule has 0 aliphatic rings. The Kier molecular flexibility index (Phi) is 2.60. The Hall–Kier alpha value is -1.90. The number of phenolic OH excluding ortho intramolecular Hbond substituents is 1. The molecule has 0 aromatic heterocycles. The fourth-order valence-electron chi connectivity index (χ4n) is 1.50. The Morgan fingerprint density at radius 3 is 2.50 bits per heavy atom. The molecule has 2 aromatic carbocycles. The second kappa shape index (κ2) is 3.93. The van der Waals surface area contributed by atoms with Crippen LogP contribution in [-0.4, -0.2) is 5.11 Å². The number of halogens is 2. The lowest BCUT2D eigenvalue weighted by Crippen LogP contribution is -1.88. The Morgan fingerprint density at radius 2 is 1.81 bits per heavy atom. The summed E-state index contributed by atoms with van der Waals surface area (Å²) < 4.78 is 26.9. The second-order valence-electron chi connectivity index (χ2n) is 3.60. The summed E-state index contributed by atoms with van der Waals surface area (Å²) >= 11 is 0. The lowest BCUT2D eigenvalue weighted by atomic mass is 10.0. The molecule has 0 radical (unpaired) electrons. The third-order valence-corrected chi connectivity index (χ3v) is 2.46. The highest BCUT2D eigenvalue weighted by Gasteiger charge is 2.10. The number of aromatic hydroxyl groups is 1. The number of benzene rings is 2. The Balaban J connectivity index is 2.59. The molecule has 2 aromatic rings. The van der Waals surface area contributed by atoms with Crippen molar-refractivity contribution in [2.45, 2.75) is 6.92 Å². The van der Waals surface area contributed by atoms with Crippen LogP contribution in [0.15, 0.2) is 36.4 Å². The molecule has 0 fully saturated rings. The molecule has 0 amide bonds. The van der Waals surface area contributed by atoms with Crippen molar-refractivity contribution in [2.75, 3.05) is 0 Å². The molecule has 0 saturated carbocycles. The molecule has 82 valence electrons. The van der Waals surface area contributed by atoms with Crippen molar-refractivity contribution >= 4 is 0 Å². The summed E-state index contributed by atoms with van der Waals surface area (Å²) in [5.41, 5.74) is 1.11. The summed E-state index contributed by atoms with van der Waals surface area (Å²) in [6.45, 7) is 1.64. The van der Waals surface area contributed by atoms with Gasteiger partial charge in [0.05, 0.1) is 0 Å². The van der Waals surface area contributed by atoms with Crippen molar-refractivity contribution in [2.24, 2.45) is 0 Å². The van der Waals surface area contributed by atoms with Gasteiger partial charge in [0.25, 0.3) is 0 Å². The predicted molar refractivity (Wildman–Crippen MR) is 58.2 cm³/mol. The molecule has 0 bridgehead atoms. The fourth-order valence-corrected chi connectivity index (χ4v) is 1.50. The van der Waals surface area contributed by atoms with Crippen molar-refractivity contribution in [3.05, 3.63) is 53.6 Å². The van der Waals surface area contributed by atoms with Crippen molar-refractivity contribution < 1.29 is 13.9 Å². The molecule has 0 aliphatic carbocycles. The minimum atomic E-state index is -0.731. The number of hydrogen-bond acceptors (Lipinski definition) is 1. The van der Waals surface area contributed by atoms with Gasteiger partial charge in [-0.3, -0.25) is 0 Å². The van der Waals surface area contributed by atoms with Crippen molar-refractivity contribution in [3.8, 4) is 16.9 Å². The van der Waals surface area contributed by atoms with Gasteiger partial charge in [0, 0.05) is 5.56 Å². The molecule has 0 heterocycles. The highest BCUT2D eigenvalue weighted by atomic mass is 19.1. The van der Waals surface area contributed by atoms with Crippen LogP contribution < -0.4 is 0 Å². The minimum absolute atomic E-state index is 0.193. The van der Waals surface area contributed by atoms with Gasteiger partial charge in [-0.1, -0.05) is 24.3 Å². The van der Waals surface area contributed by atoms with Crippen LogP contribution in [0.3, 0.4) is 0 Å². The van der Waals surface area contributed by atoms with Crippen LogP contribution >= 0.6 is 0 Å². The molecule has 0 spiro atoms. The maximum absolute atomic E-state index is 13.5. The van der Waals surface area contributed by atoms with E-state index < -0.39 is 11.6 Å². The molecule has 0 atom stereocenters. The Bertz CT molecular complexity index is 535. The van der Waals surface area contributed by atoms with Gasteiger partial charge in [0.2, 0.25) is 0 Å². The van der Waals surface area contributed by atoms with Gasteiger partial charge in [-0.25, -0.2) is 8.78 Å². The minimum Gasteiger partial charge on any atom is -0.505 e. The molecule has 2 rings (SSSR count). The second-order valence-corrected chi connectivity index (χ2v) is 3.60. The van der Waals surface area contributed by atoms with E-state index in [1.54, 1.807) is 19.1 Å². The normalized spacial score (nSPS) is 10.4.